The van der Waals surface area contributed by atoms with Crippen molar-refractivity contribution in [3.63, 3.8) is 0 Å². The van der Waals surface area contributed by atoms with Crippen LogP contribution in [0.2, 0.25) is 5.02 Å². The summed E-state index contributed by atoms with van der Waals surface area (Å²) in [5.41, 5.74) is 11.5. The third kappa shape index (κ3) is 3.01. The average molecular weight is 383 g/mol. The van der Waals surface area contributed by atoms with Crippen LogP contribution in [0, 0.1) is 6.92 Å². The van der Waals surface area contributed by atoms with Crippen molar-refractivity contribution in [3.05, 3.63) is 57.5 Å². The number of furan rings is 1. The minimum atomic E-state index is -0.267. The molecule has 0 fully saturated rings. The second kappa shape index (κ2) is 6.42. The molecule has 0 unspecified atom stereocenters. The number of nitrogens with zero attached hydrogens (tertiary/aromatic N) is 2. The van der Waals surface area contributed by atoms with Gasteiger partial charge in [0.2, 0.25) is 5.56 Å². The van der Waals surface area contributed by atoms with Crippen LogP contribution in [-0.4, -0.2) is 15.0 Å². The quantitative estimate of drug-likeness (QED) is 0.243. The SMILES string of the molecule is Cc1ccc(-c2nc3[nH]c(=O)ccc3nc2-c2cc(Cl)c(N)c(NN)c2)o1. The zero-order valence-electron chi connectivity index (χ0n) is 14.2. The van der Waals surface area contributed by atoms with Crippen molar-refractivity contribution in [3.8, 4) is 22.7 Å². The van der Waals surface area contributed by atoms with Crippen LogP contribution >= 0.6 is 11.6 Å². The number of nitrogen functional groups attached to an aromatic ring is 2. The number of hydrogen-bond donors (Lipinski definition) is 4. The third-order valence-corrected chi connectivity index (χ3v) is 4.40. The molecule has 0 saturated carbocycles. The predicted molar refractivity (Wildman–Crippen MR) is 105 cm³/mol. The number of aryl methyl sites for hydroxylation is 1. The molecule has 1 aromatic carbocycles. The molecule has 4 rings (SSSR count). The van der Waals surface area contributed by atoms with Crippen LogP contribution in [0.25, 0.3) is 33.9 Å². The number of aromatic nitrogens is 3. The highest BCUT2D eigenvalue weighted by atomic mass is 35.5. The van der Waals surface area contributed by atoms with Gasteiger partial charge in [-0.2, -0.15) is 0 Å². The van der Waals surface area contributed by atoms with Crippen LogP contribution in [0.3, 0.4) is 0 Å². The summed E-state index contributed by atoms with van der Waals surface area (Å²) in [5.74, 6) is 6.78. The number of hydrogen-bond acceptors (Lipinski definition) is 7. The van der Waals surface area contributed by atoms with Gasteiger partial charge in [-0.3, -0.25) is 10.6 Å². The summed E-state index contributed by atoms with van der Waals surface area (Å²) in [6.45, 7) is 1.83. The monoisotopic (exact) mass is 382 g/mol. The number of pyridine rings is 1. The van der Waals surface area contributed by atoms with Gasteiger partial charge in [-0.25, -0.2) is 9.97 Å². The van der Waals surface area contributed by atoms with Gasteiger partial charge >= 0.3 is 0 Å². The first-order valence-electron chi connectivity index (χ1n) is 8.00. The average Bonchev–Trinajstić information content (AvgIpc) is 3.09. The molecule has 3 heterocycles. The molecule has 4 aromatic rings. The van der Waals surface area contributed by atoms with Crippen LogP contribution in [0.15, 0.2) is 45.6 Å². The van der Waals surface area contributed by atoms with Gasteiger partial charge in [0, 0.05) is 11.6 Å². The van der Waals surface area contributed by atoms with Gasteiger partial charge in [0.05, 0.1) is 16.4 Å². The summed E-state index contributed by atoms with van der Waals surface area (Å²) in [7, 11) is 0. The number of nitrogens with one attached hydrogen (secondary N) is 2. The number of H-pyrrole nitrogens is 1. The Balaban J connectivity index is 2.05. The zero-order chi connectivity index (χ0) is 19.1. The van der Waals surface area contributed by atoms with Crippen LogP contribution < -0.4 is 22.6 Å². The Hall–Kier alpha value is -3.36. The summed E-state index contributed by atoms with van der Waals surface area (Å²) in [6, 6.07) is 10.0. The van der Waals surface area contributed by atoms with Crippen molar-refractivity contribution in [2.75, 3.05) is 11.2 Å². The van der Waals surface area contributed by atoms with E-state index in [2.05, 4.69) is 20.4 Å². The molecule has 0 amide bonds. The molecule has 136 valence electrons. The summed E-state index contributed by atoms with van der Waals surface area (Å²) in [4.78, 5) is 23.6. The largest absolute Gasteiger partial charge is 0.460 e. The smallest absolute Gasteiger partial charge is 0.249 e. The molecule has 0 bridgehead atoms. The number of benzene rings is 1. The number of hydrazine groups is 1. The van der Waals surface area contributed by atoms with Gasteiger partial charge in [0.25, 0.3) is 0 Å². The lowest BCUT2D eigenvalue weighted by Crippen LogP contribution is -2.10. The number of anilines is 2. The van der Waals surface area contributed by atoms with Gasteiger partial charge in [0.1, 0.15) is 22.7 Å². The zero-order valence-corrected chi connectivity index (χ0v) is 15.0. The molecule has 0 spiro atoms. The Morgan fingerprint density at radius 2 is 1.96 bits per heavy atom. The van der Waals surface area contributed by atoms with E-state index in [4.69, 9.17) is 27.6 Å². The minimum absolute atomic E-state index is 0.267. The third-order valence-electron chi connectivity index (χ3n) is 4.09. The second-order valence-corrected chi connectivity index (χ2v) is 6.36. The standard InChI is InChI=1S/C18H15ClN6O2/c1-8-2-4-13(27-8)17-16(9-6-10(19)15(20)12(7-9)25-21)22-11-3-5-14(26)23-18(11)24-17/h2-7,25H,20-21H2,1H3,(H,23,24,26). The van der Waals surface area contributed by atoms with E-state index in [-0.39, 0.29) is 5.56 Å². The van der Waals surface area contributed by atoms with Gasteiger partial charge < -0.3 is 20.6 Å². The number of aromatic amines is 1. The fourth-order valence-electron chi connectivity index (χ4n) is 2.78. The van der Waals surface area contributed by atoms with Crippen molar-refractivity contribution < 1.29 is 4.42 Å². The predicted octanol–water partition coefficient (Wildman–Crippen LogP) is 3.07. The molecule has 8 nitrogen and oxygen atoms in total. The first-order chi connectivity index (χ1) is 13.0. The van der Waals surface area contributed by atoms with Crippen LogP contribution in [-0.2, 0) is 0 Å². The van der Waals surface area contributed by atoms with Crippen molar-refractivity contribution >= 4 is 34.1 Å². The Morgan fingerprint density at radius 1 is 1.15 bits per heavy atom. The molecular formula is C18H15ClN6O2. The van der Waals surface area contributed by atoms with E-state index >= 15 is 0 Å². The van der Waals surface area contributed by atoms with Crippen molar-refractivity contribution in [1.29, 1.82) is 0 Å². The van der Waals surface area contributed by atoms with Crippen molar-refractivity contribution in [2.24, 2.45) is 5.84 Å². The molecule has 0 radical (unpaired) electrons. The summed E-state index contributed by atoms with van der Waals surface area (Å²) in [5, 5.41) is 0.324. The normalized spacial score (nSPS) is 11.1. The minimum Gasteiger partial charge on any atom is -0.460 e. The number of fused-ring (bicyclic) bond motifs is 1. The lowest BCUT2D eigenvalue weighted by Gasteiger charge is -2.12. The molecule has 27 heavy (non-hydrogen) atoms. The van der Waals surface area contributed by atoms with E-state index in [0.29, 0.717) is 50.3 Å². The molecule has 3 aromatic heterocycles. The Labute approximate surface area is 158 Å². The van der Waals surface area contributed by atoms with Gasteiger partial charge in [-0.05, 0) is 37.3 Å². The molecule has 0 saturated heterocycles. The maximum atomic E-state index is 11.7. The molecule has 0 aliphatic rings. The Bertz CT molecular complexity index is 1230. The number of nitrogens with two attached hydrogens (primary N) is 2. The topological polar surface area (TPSA) is 136 Å². The van der Waals surface area contributed by atoms with E-state index in [1.165, 1.54) is 6.07 Å². The summed E-state index contributed by atoms with van der Waals surface area (Å²) < 4.78 is 5.73. The number of halogens is 1. The lowest BCUT2D eigenvalue weighted by atomic mass is 10.1. The molecular weight excluding hydrogens is 368 g/mol. The van der Waals surface area contributed by atoms with E-state index in [9.17, 15) is 4.79 Å². The second-order valence-electron chi connectivity index (χ2n) is 5.95. The highest BCUT2D eigenvalue weighted by Crippen LogP contribution is 2.37. The van der Waals surface area contributed by atoms with Crippen LogP contribution in [0.4, 0.5) is 11.4 Å². The summed E-state index contributed by atoms with van der Waals surface area (Å²) >= 11 is 6.25. The van der Waals surface area contributed by atoms with Gasteiger partial charge in [-0.15, -0.1) is 0 Å². The molecule has 9 heteroatoms. The fraction of sp³-hybridized carbons (Fsp3) is 0.0556. The summed E-state index contributed by atoms with van der Waals surface area (Å²) in [6.07, 6.45) is 0. The molecule has 0 aliphatic carbocycles. The Kier molecular flexibility index (Phi) is 4.06. The number of rotatable bonds is 3. The van der Waals surface area contributed by atoms with Gasteiger partial charge in [-0.1, -0.05) is 11.6 Å². The molecule has 0 atom stereocenters. The van der Waals surface area contributed by atoms with Crippen molar-refractivity contribution in [2.45, 2.75) is 6.92 Å². The molecule has 0 aliphatic heterocycles. The van der Waals surface area contributed by atoms with E-state index in [0.717, 1.165) is 5.76 Å². The van der Waals surface area contributed by atoms with Crippen molar-refractivity contribution in [1.82, 2.24) is 15.0 Å². The van der Waals surface area contributed by atoms with E-state index in [1.54, 1.807) is 24.3 Å². The fourth-order valence-corrected chi connectivity index (χ4v) is 3.00. The maximum Gasteiger partial charge on any atom is 0.249 e. The van der Waals surface area contributed by atoms with Crippen LogP contribution in [0.5, 0.6) is 0 Å². The highest BCUT2D eigenvalue weighted by Gasteiger charge is 2.18. The maximum absolute atomic E-state index is 11.7. The first kappa shape index (κ1) is 17.1. The van der Waals surface area contributed by atoms with Gasteiger partial charge in [0.15, 0.2) is 11.4 Å². The lowest BCUT2D eigenvalue weighted by molar-refractivity contribution is 0.546. The Morgan fingerprint density at radius 3 is 2.67 bits per heavy atom. The first-order valence-corrected chi connectivity index (χ1v) is 8.38. The van der Waals surface area contributed by atoms with E-state index < -0.39 is 0 Å². The highest BCUT2D eigenvalue weighted by molar-refractivity contribution is 6.34. The molecule has 6 N–H and O–H groups in total. The van der Waals surface area contributed by atoms with E-state index in [1.807, 2.05) is 13.0 Å². The van der Waals surface area contributed by atoms with Crippen LogP contribution in [0.1, 0.15) is 5.76 Å².